The van der Waals surface area contributed by atoms with Crippen molar-refractivity contribution in [1.82, 2.24) is 35.4 Å². The molecule has 0 aliphatic carbocycles. The first kappa shape index (κ1) is 64.6. The molecule has 4 rings (SSSR count). The van der Waals surface area contributed by atoms with E-state index < -0.39 is 0 Å². The van der Waals surface area contributed by atoms with Gasteiger partial charge in [0.15, 0.2) is 0 Å². The number of esters is 1. The lowest BCUT2D eigenvalue weighted by molar-refractivity contribution is -0.148. The van der Waals surface area contributed by atoms with E-state index in [1.54, 1.807) is 7.11 Å². The molecule has 3 aliphatic heterocycles. The first-order chi connectivity index (χ1) is 30.4. The van der Waals surface area contributed by atoms with Crippen molar-refractivity contribution < 1.29 is 19.1 Å². The van der Waals surface area contributed by atoms with Gasteiger partial charge < -0.3 is 40.0 Å². The molecule has 0 unspecified atom stereocenters. The number of aromatic nitrogens is 3. The van der Waals surface area contributed by atoms with Crippen molar-refractivity contribution in [3.05, 3.63) is 5.82 Å². The topological polar surface area (TPSA) is 137 Å². The number of unbranched alkanes of at least 4 members (excludes halogenated alkanes) is 3. The number of carbonyl (C=O) groups excluding carboxylic acids is 2. The summed E-state index contributed by atoms with van der Waals surface area (Å²) >= 11 is 0. The van der Waals surface area contributed by atoms with E-state index in [-0.39, 0.29) is 89.7 Å². The average Bonchev–Trinajstić information content (AvgIpc) is 3.10. The SMILES string of the molecule is C.C.COC1CC(C)(C)N(CCOC(=O)CCC(C)=O)C(C)(C)C1.Cc1nc(NC(C)(C)CC(C)(C)C)nc(N(CCCCCCN(C)C2CC(C)(C)NC(C)(C)C2)C2CC(C)(C)NC(C)(C)C2)n1. The lowest BCUT2D eigenvalue weighted by Gasteiger charge is -2.55. The summed E-state index contributed by atoms with van der Waals surface area (Å²) in [5.41, 5.74) is 0.535. The molecule has 0 aromatic carbocycles. The number of ketones is 1. The summed E-state index contributed by atoms with van der Waals surface area (Å²) in [6.07, 6.45) is 13.0. The van der Waals surface area contributed by atoms with Gasteiger partial charge >= 0.3 is 5.97 Å². The van der Waals surface area contributed by atoms with Gasteiger partial charge in [-0.05, 0) is 188 Å². The summed E-state index contributed by atoms with van der Waals surface area (Å²) in [6, 6.07) is 1.01. The molecule has 13 heteroatoms. The van der Waals surface area contributed by atoms with E-state index in [1.807, 2.05) is 6.92 Å². The number of likely N-dealkylation sites (tertiary alicyclic amines) is 1. The number of Topliss-reactive ketones (excluding diaryl/α,β-unsaturated/α-hetero) is 1. The number of carbonyl (C=O) groups is 2. The van der Waals surface area contributed by atoms with Crippen LogP contribution >= 0.6 is 0 Å². The smallest absolute Gasteiger partial charge is 0.306 e. The number of hydrogen-bond donors (Lipinski definition) is 3. The van der Waals surface area contributed by atoms with Crippen LogP contribution in [0, 0.1) is 12.3 Å². The lowest BCUT2D eigenvalue weighted by atomic mass is 9.78. The first-order valence-corrected chi connectivity index (χ1v) is 26.0. The van der Waals surface area contributed by atoms with E-state index >= 15 is 0 Å². The third-order valence-electron chi connectivity index (χ3n) is 14.0. The van der Waals surface area contributed by atoms with Gasteiger partial charge in [0, 0.05) is 77.5 Å². The van der Waals surface area contributed by atoms with Crippen molar-refractivity contribution in [2.45, 2.75) is 287 Å². The lowest BCUT2D eigenvalue weighted by Crippen LogP contribution is -2.62. The summed E-state index contributed by atoms with van der Waals surface area (Å²) in [5, 5.41) is 11.4. The molecule has 0 spiro atoms. The molecule has 4 heterocycles. The van der Waals surface area contributed by atoms with Gasteiger partial charge in [-0.3, -0.25) is 9.69 Å². The maximum atomic E-state index is 11.6. The van der Waals surface area contributed by atoms with Crippen molar-refractivity contribution >= 4 is 23.6 Å². The molecule has 3 saturated heterocycles. The van der Waals surface area contributed by atoms with Gasteiger partial charge in [0.2, 0.25) is 11.9 Å². The van der Waals surface area contributed by atoms with E-state index in [9.17, 15) is 9.59 Å². The molecule has 0 radical (unpaired) electrons. The third kappa shape index (κ3) is 22.5. The standard InChI is InChI=1S/C37H72N8.C17H31NO4.2CH4/c1-27-38-30(41-37(13,14)26-32(2,3)4)40-31(39-27)45(29-24-35(9,10)43-36(11,12)25-29)21-19-17-16-18-20-44(15)28-22-33(5,6)42-34(7,8)23-28;1-13(19)7-8-15(20)22-10-9-18-16(2,3)11-14(21-6)12-17(18,4)5;;/h28-29,42-43H,16-26H2,1-15H3,(H,38,39,40,41);14H,7-12H2,1-6H3;2*1H4. The van der Waals surface area contributed by atoms with Crippen LogP contribution in [0.25, 0.3) is 0 Å². The quantitative estimate of drug-likeness (QED) is 0.0845. The van der Waals surface area contributed by atoms with E-state index in [0.717, 1.165) is 56.8 Å². The van der Waals surface area contributed by atoms with Crippen molar-refractivity contribution in [2.75, 3.05) is 50.6 Å². The first-order valence-electron chi connectivity index (χ1n) is 26.0. The van der Waals surface area contributed by atoms with Crippen LogP contribution in [0.2, 0.25) is 0 Å². The van der Waals surface area contributed by atoms with Crippen LogP contribution in [0.4, 0.5) is 11.9 Å². The average molecular weight is 975 g/mol. The van der Waals surface area contributed by atoms with E-state index in [4.69, 9.17) is 24.4 Å². The molecular weight excluding hydrogens is 863 g/mol. The third-order valence-corrected chi connectivity index (χ3v) is 14.0. The van der Waals surface area contributed by atoms with Crippen LogP contribution in [0.5, 0.6) is 0 Å². The number of ether oxygens (including phenoxy) is 2. The summed E-state index contributed by atoms with van der Waals surface area (Å²) in [4.78, 5) is 44.8. The normalized spacial score (nSPS) is 21.2. The highest BCUT2D eigenvalue weighted by Crippen LogP contribution is 2.39. The Hall–Kier alpha value is -2.45. The molecule has 0 amide bonds. The Morgan fingerprint density at radius 2 is 1.19 bits per heavy atom. The Bertz CT molecular complexity index is 1680. The Labute approximate surface area is 425 Å². The van der Waals surface area contributed by atoms with Crippen LogP contribution in [-0.2, 0) is 19.1 Å². The van der Waals surface area contributed by atoms with Gasteiger partial charge in [-0.2, -0.15) is 15.0 Å². The molecule has 404 valence electrons. The molecule has 1 aromatic heterocycles. The van der Waals surface area contributed by atoms with Crippen molar-refractivity contribution in [3.63, 3.8) is 0 Å². The summed E-state index contributed by atoms with van der Waals surface area (Å²) in [7, 11) is 4.10. The van der Waals surface area contributed by atoms with Gasteiger partial charge in [0.25, 0.3) is 0 Å². The van der Waals surface area contributed by atoms with Crippen LogP contribution in [-0.4, -0.2) is 134 Å². The molecule has 3 aliphatic rings. The molecule has 13 nitrogen and oxygen atoms in total. The minimum absolute atomic E-state index is 0. The predicted molar refractivity (Wildman–Crippen MR) is 293 cm³/mol. The molecule has 0 atom stereocenters. The Morgan fingerprint density at radius 3 is 1.65 bits per heavy atom. The zero-order valence-corrected chi connectivity index (χ0v) is 47.1. The largest absolute Gasteiger partial charge is 0.464 e. The zero-order chi connectivity index (χ0) is 51.0. The predicted octanol–water partition coefficient (Wildman–Crippen LogP) is 11.6. The number of anilines is 2. The maximum Gasteiger partial charge on any atom is 0.306 e. The van der Waals surface area contributed by atoms with E-state index in [1.165, 1.54) is 45.6 Å². The zero-order valence-electron chi connectivity index (χ0n) is 47.1. The van der Waals surface area contributed by atoms with Crippen molar-refractivity contribution in [3.8, 4) is 0 Å². The minimum Gasteiger partial charge on any atom is -0.464 e. The van der Waals surface area contributed by atoms with E-state index in [2.05, 4.69) is 155 Å². The van der Waals surface area contributed by atoms with Gasteiger partial charge in [-0.15, -0.1) is 0 Å². The molecule has 0 saturated carbocycles. The summed E-state index contributed by atoms with van der Waals surface area (Å²) in [6.45, 7) is 45.6. The van der Waals surface area contributed by atoms with Gasteiger partial charge in [0.1, 0.15) is 18.2 Å². The van der Waals surface area contributed by atoms with Crippen LogP contribution < -0.4 is 20.9 Å². The van der Waals surface area contributed by atoms with E-state index in [0.29, 0.717) is 31.2 Å². The van der Waals surface area contributed by atoms with Crippen LogP contribution in [0.15, 0.2) is 0 Å². The summed E-state index contributed by atoms with van der Waals surface area (Å²) < 4.78 is 10.8. The minimum atomic E-state index is -0.294. The second-order valence-electron chi connectivity index (χ2n) is 26.7. The van der Waals surface area contributed by atoms with Gasteiger partial charge in [0.05, 0.1) is 12.5 Å². The van der Waals surface area contributed by atoms with Crippen LogP contribution in [0.1, 0.15) is 229 Å². The monoisotopic (exact) mass is 974 g/mol. The maximum absolute atomic E-state index is 11.6. The molecule has 1 aromatic rings. The number of methoxy groups -OCH3 is 1. The molecule has 3 N–H and O–H groups in total. The van der Waals surface area contributed by atoms with Crippen molar-refractivity contribution in [1.29, 1.82) is 0 Å². The fraction of sp³-hybridized carbons (Fsp3) is 0.911. The molecule has 3 fully saturated rings. The number of rotatable bonds is 20. The number of aryl methyl sites for hydroxylation is 1. The van der Waals surface area contributed by atoms with Gasteiger partial charge in [-0.1, -0.05) is 48.5 Å². The highest BCUT2D eigenvalue weighted by Gasteiger charge is 2.46. The van der Waals surface area contributed by atoms with Gasteiger partial charge in [-0.25, -0.2) is 0 Å². The number of nitrogens with zero attached hydrogens (tertiary/aromatic N) is 6. The van der Waals surface area contributed by atoms with Crippen molar-refractivity contribution in [2.24, 2.45) is 5.41 Å². The van der Waals surface area contributed by atoms with Crippen LogP contribution in [0.3, 0.4) is 0 Å². The Balaban J connectivity index is 0.000000837. The second-order valence-corrected chi connectivity index (χ2v) is 26.7. The second kappa shape index (κ2) is 25.5. The fourth-order valence-corrected chi connectivity index (χ4v) is 12.6. The Morgan fingerprint density at radius 1 is 0.710 bits per heavy atom. The fourth-order valence-electron chi connectivity index (χ4n) is 12.6. The number of hydrogen-bond acceptors (Lipinski definition) is 13. The highest BCUT2D eigenvalue weighted by molar-refractivity contribution is 5.80. The highest BCUT2D eigenvalue weighted by atomic mass is 16.5. The Kier molecular flexibility index (Phi) is 23.8. The molecular formula is C56H111N9O4. The number of nitrogens with one attached hydrogen (secondary N) is 3. The number of piperidine rings is 3. The summed E-state index contributed by atoms with van der Waals surface area (Å²) in [5.74, 6) is 2.01. The molecule has 0 bridgehead atoms. The molecule has 69 heavy (non-hydrogen) atoms.